The highest BCUT2D eigenvalue weighted by Crippen LogP contribution is 2.24. The largest absolute Gasteiger partial charge is 0.376 e. The Hall–Kier alpha value is -0.660. The first kappa shape index (κ1) is 19.1. The van der Waals surface area contributed by atoms with Gasteiger partial charge in [-0.15, -0.1) is 0 Å². The van der Waals surface area contributed by atoms with Gasteiger partial charge in [0.25, 0.3) is 0 Å². The lowest BCUT2D eigenvalue weighted by molar-refractivity contribution is -0.136. The van der Waals surface area contributed by atoms with Gasteiger partial charge in [0, 0.05) is 32.3 Å². The minimum Gasteiger partial charge on any atom is -0.376 e. The van der Waals surface area contributed by atoms with Crippen molar-refractivity contribution < 1.29 is 17.9 Å². The molecule has 0 radical (unpaired) electrons. The smallest absolute Gasteiger partial charge is 0.237 e. The third-order valence-electron chi connectivity index (χ3n) is 5.70. The van der Waals surface area contributed by atoms with Gasteiger partial charge in [-0.3, -0.25) is 9.69 Å². The summed E-state index contributed by atoms with van der Waals surface area (Å²) in [6.07, 6.45) is 3.82. The van der Waals surface area contributed by atoms with Gasteiger partial charge < -0.3 is 9.64 Å². The quantitative estimate of drug-likeness (QED) is 0.724. The van der Waals surface area contributed by atoms with Crippen LogP contribution in [0.4, 0.5) is 0 Å². The summed E-state index contributed by atoms with van der Waals surface area (Å²) in [5, 5.41) is 0. The van der Waals surface area contributed by atoms with Crippen LogP contribution in [0.2, 0.25) is 0 Å². The van der Waals surface area contributed by atoms with Crippen LogP contribution in [0.1, 0.15) is 39.5 Å². The van der Waals surface area contributed by atoms with E-state index >= 15 is 0 Å². The number of ether oxygens (including phenoxy) is 1. The Labute approximate surface area is 151 Å². The Morgan fingerprint density at radius 3 is 2.48 bits per heavy atom. The van der Waals surface area contributed by atoms with Crippen LogP contribution in [0.5, 0.6) is 0 Å². The maximum absolute atomic E-state index is 13.0. The van der Waals surface area contributed by atoms with Crippen LogP contribution in [0.15, 0.2) is 0 Å². The summed E-state index contributed by atoms with van der Waals surface area (Å²) in [6, 6.07) is -0.179. The first-order valence-corrected chi connectivity index (χ1v) is 11.5. The zero-order valence-corrected chi connectivity index (χ0v) is 16.3. The molecule has 3 saturated heterocycles. The molecule has 3 aliphatic heterocycles. The van der Waals surface area contributed by atoms with Gasteiger partial charge in [0.05, 0.1) is 24.2 Å². The van der Waals surface area contributed by atoms with Gasteiger partial charge in [0.1, 0.15) is 0 Å². The molecule has 4 atom stereocenters. The van der Waals surface area contributed by atoms with E-state index in [2.05, 4.69) is 18.7 Å². The molecule has 1 amide bonds. The third kappa shape index (κ3) is 5.17. The number of piperidine rings is 1. The van der Waals surface area contributed by atoms with Crippen LogP contribution in [-0.4, -0.2) is 80.6 Å². The molecular formula is C18H32N2O4S. The molecule has 25 heavy (non-hydrogen) atoms. The lowest BCUT2D eigenvalue weighted by atomic mass is 9.92. The Kier molecular flexibility index (Phi) is 6.06. The van der Waals surface area contributed by atoms with Crippen molar-refractivity contribution in [2.24, 2.45) is 11.8 Å². The Morgan fingerprint density at radius 2 is 1.92 bits per heavy atom. The van der Waals surface area contributed by atoms with Gasteiger partial charge in [-0.1, -0.05) is 13.8 Å². The number of amides is 1. The second kappa shape index (κ2) is 7.92. The zero-order chi connectivity index (χ0) is 18.0. The number of likely N-dealkylation sites (tertiary alicyclic amines) is 1. The average molecular weight is 373 g/mol. The van der Waals surface area contributed by atoms with E-state index in [-0.39, 0.29) is 29.6 Å². The summed E-state index contributed by atoms with van der Waals surface area (Å²) in [7, 11) is -3.01. The molecule has 0 aromatic heterocycles. The predicted octanol–water partition coefficient (Wildman–Crippen LogP) is 1.16. The van der Waals surface area contributed by atoms with Crippen molar-refractivity contribution in [2.75, 3.05) is 44.3 Å². The number of carbonyl (C=O) groups excluding carboxylic acids is 1. The number of hydrogen-bond acceptors (Lipinski definition) is 5. The topological polar surface area (TPSA) is 66.9 Å². The molecule has 7 heteroatoms. The van der Waals surface area contributed by atoms with E-state index in [1.165, 1.54) is 6.42 Å². The standard InChI is InChI=1S/C18H32N2O4S/c1-14-8-15(2)10-19(9-14)12-18(21)20(11-17-4-3-6-24-17)16-5-7-25(22,23)13-16/h14-17H,3-13H2,1-2H3. The van der Waals surface area contributed by atoms with E-state index in [1.807, 2.05) is 4.90 Å². The second-order valence-corrected chi connectivity index (χ2v) is 10.6. The first-order valence-electron chi connectivity index (χ1n) is 9.66. The fourth-order valence-electron chi connectivity index (χ4n) is 4.69. The van der Waals surface area contributed by atoms with E-state index in [9.17, 15) is 13.2 Å². The van der Waals surface area contributed by atoms with Gasteiger partial charge in [0.15, 0.2) is 9.84 Å². The van der Waals surface area contributed by atoms with Crippen molar-refractivity contribution >= 4 is 15.7 Å². The number of rotatable bonds is 5. The molecule has 3 heterocycles. The summed E-state index contributed by atoms with van der Waals surface area (Å²) in [6.45, 7) is 8.06. The van der Waals surface area contributed by atoms with E-state index in [1.54, 1.807) is 0 Å². The van der Waals surface area contributed by atoms with E-state index in [0.717, 1.165) is 32.5 Å². The summed E-state index contributed by atoms with van der Waals surface area (Å²) in [4.78, 5) is 17.1. The molecule has 0 N–H and O–H groups in total. The van der Waals surface area contributed by atoms with E-state index in [4.69, 9.17) is 4.74 Å². The molecule has 0 aromatic rings. The van der Waals surface area contributed by atoms with Gasteiger partial charge in [-0.05, 0) is 37.5 Å². The zero-order valence-electron chi connectivity index (χ0n) is 15.5. The van der Waals surface area contributed by atoms with Crippen molar-refractivity contribution in [3.05, 3.63) is 0 Å². The average Bonchev–Trinajstić information content (AvgIpc) is 3.12. The molecule has 3 rings (SSSR count). The molecular weight excluding hydrogens is 340 g/mol. The summed E-state index contributed by atoms with van der Waals surface area (Å²) >= 11 is 0. The number of nitrogens with zero attached hydrogens (tertiary/aromatic N) is 2. The molecule has 0 aromatic carbocycles. The first-order chi connectivity index (χ1) is 11.8. The fraction of sp³-hybridized carbons (Fsp3) is 0.944. The molecule has 144 valence electrons. The van der Waals surface area contributed by atoms with E-state index in [0.29, 0.717) is 31.3 Å². The highest BCUT2D eigenvalue weighted by molar-refractivity contribution is 7.91. The second-order valence-electron chi connectivity index (χ2n) is 8.38. The maximum atomic E-state index is 13.0. The lowest BCUT2D eigenvalue weighted by Gasteiger charge is -2.37. The minimum atomic E-state index is -3.01. The summed E-state index contributed by atoms with van der Waals surface area (Å²) in [5.74, 6) is 1.59. The predicted molar refractivity (Wildman–Crippen MR) is 97.1 cm³/mol. The summed E-state index contributed by atoms with van der Waals surface area (Å²) in [5.41, 5.74) is 0. The highest BCUT2D eigenvalue weighted by atomic mass is 32.2. The van der Waals surface area contributed by atoms with Crippen molar-refractivity contribution in [1.29, 1.82) is 0 Å². The van der Waals surface area contributed by atoms with Crippen LogP contribution in [-0.2, 0) is 19.4 Å². The maximum Gasteiger partial charge on any atom is 0.237 e. The van der Waals surface area contributed by atoms with Crippen molar-refractivity contribution in [2.45, 2.75) is 51.7 Å². The highest BCUT2D eigenvalue weighted by Gasteiger charge is 2.37. The molecule has 0 bridgehead atoms. The van der Waals surface area contributed by atoms with Crippen LogP contribution < -0.4 is 0 Å². The van der Waals surface area contributed by atoms with Gasteiger partial charge in [-0.2, -0.15) is 0 Å². The third-order valence-corrected chi connectivity index (χ3v) is 7.45. The van der Waals surface area contributed by atoms with Crippen LogP contribution >= 0.6 is 0 Å². The lowest BCUT2D eigenvalue weighted by Crippen LogP contribution is -2.51. The Morgan fingerprint density at radius 1 is 1.20 bits per heavy atom. The van der Waals surface area contributed by atoms with Crippen molar-refractivity contribution in [3.8, 4) is 0 Å². The molecule has 3 aliphatic rings. The van der Waals surface area contributed by atoms with Crippen molar-refractivity contribution in [3.63, 3.8) is 0 Å². The van der Waals surface area contributed by atoms with Gasteiger partial charge in [-0.25, -0.2) is 8.42 Å². The Bertz CT molecular complexity index is 564. The van der Waals surface area contributed by atoms with Gasteiger partial charge in [0.2, 0.25) is 5.91 Å². The normalized spacial score (nSPS) is 35.8. The number of hydrogen-bond donors (Lipinski definition) is 0. The van der Waals surface area contributed by atoms with Crippen LogP contribution in [0.3, 0.4) is 0 Å². The van der Waals surface area contributed by atoms with Crippen LogP contribution in [0, 0.1) is 11.8 Å². The SMILES string of the molecule is CC1CC(C)CN(CC(=O)N(CC2CCCO2)C2CCS(=O)(=O)C2)C1. The van der Waals surface area contributed by atoms with E-state index < -0.39 is 9.84 Å². The van der Waals surface area contributed by atoms with Crippen molar-refractivity contribution in [1.82, 2.24) is 9.80 Å². The minimum absolute atomic E-state index is 0.0615. The number of sulfone groups is 1. The molecule has 0 saturated carbocycles. The molecule has 4 unspecified atom stereocenters. The molecule has 0 aliphatic carbocycles. The molecule has 0 spiro atoms. The fourth-order valence-corrected chi connectivity index (χ4v) is 6.42. The monoisotopic (exact) mass is 372 g/mol. The molecule has 6 nitrogen and oxygen atoms in total. The number of carbonyl (C=O) groups is 1. The summed E-state index contributed by atoms with van der Waals surface area (Å²) < 4.78 is 29.5. The van der Waals surface area contributed by atoms with Gasteiger partial charge >= 0.3 is 0 Å². The Balaban J connectivity index is 1.65. The van der Waals surface area contributed by atoms with Crippen LogP contribution in [0.25, 0.3) is 0 Å². The molecule has 3 fully saturated rings.